The maximum absolute atomic E-state index is 4.62. The van der Waals surface area contributed by atoms with Crippen LogP contribution in [0.1, 0.15) is 5.82 Å². The molecular weight excluding hydrogens is 396 g/mol. The number of benzene rings is 1. The van der Waals surface area contributed by atoms with Gasteiger partial charge in [0.2, 0.25) is 5.95 Å². The standard InChI is InChI=1S/C21H18N8S/c1-28-18(8-11-23-28)25-21-22-10-7-17(24-21)15-9-12-29-19(13-15)26-27-20(29)14-30-16-5-3-2-4-6-16/h2-13H,14H2,1H3,(H,22,24,25). The Bertz CT molecular complexity index is 1290. The summed E-state index contributed by atoms with van der Waals surface area (Å²) in [4.78, 5) is 10.1. The van der Waals surface area contributed by atoms with Gasteiger partial charge in [-0.1, -0.05) is 18.2 Å². The number of nitrogens with one attached hydrogen (secondary N) is 1. The summed E-state index contributed by atoms with van der Waals surface area (Å²) in [7, 11) is 1.86. The van der Waals surface area contributed by atoms with Crippen LogP contribution in [0.3, 0.4) is 0 Å². The smallest absolute Gasteiger partial charge is 0.228 e. The molecule has 0 amide bonds. The predicted molar refractivity (Wildman–Crippen MR) is 117 cm³/mol. The van der Waals surface area contributed by atoms with Crippen LogP contribution in [0, 0.1) is 0 Å². The van der Waals surface area contributed by atoms with Crippen LogP contribution in [-0.4, -0.2) is 34.3 Å². The van der Waals surface area contributed by atoms with Crippen molar-refractivity contribution in [3.8, 4) is 11.3 Å². The average molecular weight is 414 g/mol. The number of aromatic nitrogens is 7. The van der Waals surface area contributed by atoms with E-state index in [9.17, 15) is 0 Å². The van der Waals surface area contributed by atoms with Crippen molar-refractivity contribution >= 4 is 29.2 Å². The van der Waals surface area contributed by atoms with Crippen molar-refractivity contribution in [2.45, 2.75) is 10.6 Å². The number of hydrogen-bond donors (Lipinski definition) is 1. The summed E-state index contributed by atoms with van der Waals surface area (Å²) < 4.78 is 3.74. The number of nitrogens with zero attached hydrogens (tertiary/aromatic N) is 7. The van der Waals surface area contributed by atoms with E-state index in [0.717, 1.165) is 34.3 Å². The number of pyridine rings is 1. The highest BCUT2D eigenvalue weighted by atomic mass is 32.2. The second kappa shape index (κ2) is 7.96. The minimum Gasteiger partial charge on any atom is -0.309 e. The molecule has 5 rings (SSSR count). The third-order valence-corrected chi connectivity index (χ3v) is 5.61. The third kappa shape index (κ3) is 3.74. The minimum absolute atomic E-state index is 0.511. The Morgan fingerprint density at radius 3 is 2.73 bits per heavy atom. The Balaban J connectivity index is 1.38. The summed E-state index contributed by atoms with van der Waals surface area (Å²) in [6, 6.07) is 18.0. The van der Waals surface area contributed by atoms with E-state index in [4.69, 9.17) is 0 Å². The monoisotopic (exact) mass is 414 g/mol. The lowest BCUT2D eigenvalue weighted by atomic mass is 10.2. The fourth-order valence-electron chi connectivity index (χ4n) is 3.05. The molecule has 148 valence electrons. The molecule has 0 spiro atoms. The van der Waals surface area contributed by atoms with Gasteiger partial charge >= 0.3 is 0 Å². The van der Waals surface area contributed by atoms with Gasteiger partial charge in [-0.25, -0.2) is 9.97 Å². The molecular formula is C21H18N8S. The van der Waals surface area contributed by atoms with E-state index in [-0.39, 0.29) is 0 Å². The van der Waals surface area contributed by atoms with Gasteiger partial charge in [-0.2, -0.15) is 5.10 Å². The average Bonchev–Trinajstić information content (AvgIpc) is 3.38. The second-order valence-corrected chi connectivity index (χ2v) is 7.64. The molecule has 0 aliphatic heterocycles. The molecule has 30 heavy (non-hydrogen) atoms. The van der Waals surface area contributed by atoms with Crippen LogP contribution in [0.15, 0.2) is 78.1 Å². The lowest BCUT2D eigenvalue weighted by molar-refractivity contribution is 0.775. The largest absolute Gasteiger partial charge is 0.309 e. The minimum atomic E-state index is 0.511. The second-order valence-electron chi connectivity index (χ2n) is 6.59. The van der Waals surface area contributed by atoms with E-state index in [1.807, 2.05) is 60.1 Å². The van der Waals surface area contributed by atoms with Gasteiger partial charge in [0.05, 0.1) is 17.6 Å². The Morgan fingerprint density at radius 2 is 1.90 bits per heavy atom. The lowest BCUT2D eigenvalue weighted by Gasteiger charge is -2.07. The maximum Gasteiger partial charge on any atom is 0.228 e. The molecule has 0 saturated carbocycles. The molecule has 0 unspecified atom stereocenters. The Morgan fingerprint density at radius 1 is 1.00 bits per heavy atom. The molecule has 0 fully saturated rings. The van der Waals surface area contributed by atoms with E-state index in [1.165, 1.54) is 4.90 Å². The number of rotatable bonds is 6. The van der Waals surface area contributed by atoms with Crippen molar-refractivity contribution in [2.75, 3.05) is 5.32 Å². The summed E-state index contributed by atoms with van der Waals surface area (Å²) in [6.45, 7) is 0. The zero-order chi connectivity index (χ0) is 20.3. The van der Waals surface area contributed by atoms with Crippen molar-refractivity contribution in [2.24, 2.45) is 7.05 Å². The highest BCUT2D eigenvalue weighted by Crippen LogP contribution is 2.24. The first-order valence-corrected chi connectivity index (χ1v) is 10.3. The number of aryl methyl sites for hydroxylation is 1. The quantitative estimate of drug-likeness (QED) is 0.421. The molecule has 8 nitrogen and oxygen atoms in total. The Kier molecular flexibility index (Phi) is 4.86. The Labute approximate surface area is 177 Å². The molecule has 0 atom stereocenters. The third-order valence-electron chi connectivity index (χ3n) is 4.60. The SMILES string of the molecule is Cn1nccc1Nc1nccc(-c2ccn3c(CSc4ccccc4)nnc3c2)n1. The van der Waals surface area contributed by atoms with E-state index >= 15 is 0 Å². The van der Waals surface area contributed by atoms with Crippen molar-refractivity contribution < 1.29 is 0 Å². The molecule has 5 aromatic rings. The first kappa shape index (κ1) is 18.3. The van der Waals surface area contributed by atoms with Gasteiger partial charge in [-0.05, 0) is 30.3 Å². The fourth-order valence-corrected chi connectivity index (χ4v) is 3.90. The van der Waals surface area contributed by atoms with Gasteiger partial charge in [0.15, 0.2) is 5.65 Å². The van der Waals surface area contributed by atoms with Gasteiger partial charge < -0.3 is 5.32 Å². The molecule has 9 heteroatoms. The van der Waals surface area contributed by atoms with E-state index in [1.54, 1.807) is 28.8 Å². The van der Waals surface area contributed by atoms with Gasteiger partial charge in [-0.3, -0.25) is 9.08 Å². The van der Waals surface area contributed by atoms with Crippen LogP contribution in [0.5, 0.6) is 0 Å². The fraction of sp³-hybridized carbons (Fsp3) is 0.0952. The molecule has 0 radical (unpaired) electrons. The highest BCUT2D eigenvalue weighted by molar-refractivity contribution is 7.98. The van der Waals surface area contributed by atoms with Crippen molar-refractivity contribution in [3.63, 3.8) is 0 Å². The van der Waals surface area contributed by atoms with Crippen LogP contribution < -0.4 is 5.32 Å². The van der Waals surface area contributed by atoms with E-state index in [2.05, 4.69) is 42.7 Å². The molecule has 1 aromatic carbocycles. The summed E-state index contributed by atoms with van der Waals surface area (Å²) in [5.74, 6) is 2.99. The molecule has 1 N–H and O–H groups in total. The molecule has 4 heterocycles. The van der Waals surface area contributed by atoms with Crippen molar-refractivity contribution in [1.82, 2.24) is 34.3 Å². The first-order chi connectivity index (χ1) is 14.8. The van der Waals surface area contributed by atoms with Gasteiger partial charge in [0, 0.05) is 36.0 Å². The van der Waals surface area contributed by atoms with Gasteiger partial charge in [0.1, 0.15) is 11.6 Å². The van der Waals surface area contributed by atoms with Crippen LogP contribution in [0.25, 0.3) is 16.9 Å². The first-order valence-electron chi connectivity index (χ1n) is 9.36. The zero-order valence-electron chi connectivity index (χ0n) is 16.2. The van der Waals surface area contributed by atoms with Gasteiger partial charge in [-0.15, -0.1) is 22.0 Å². The summed E-state index contributed by atoms with van der Waals surface area (Å²) in [5.41, 5.74) is 2.55. The van der Waals surface area contributed by atoms with Crippen LogP contribution in [0.2, 0.25) is 0 Å². The summed E-state index contributed by atoms with van der Waals surface area (Å²) in [6.07, 6.45) is 5.44. The summed E-state index contributed by atoms with van der Waals surface area (Å²) in [5, 5.41) is 16.0. The van der Waals surface area contributed by atoms with Crippen LogP contribution in [0.4, 0.5) is 11.8 Å². The number of fused-ring (bicyclic) bond motifs is 1. The number of anilines is 2. The number of thioether (sulfide) groups is 1. The van der Waals surface area contributed by atoms with Crippen LogP contribution >= 0.6 is 11.8 Å². The lowest BCUT2D eigenvalue weighted by Crippen LogP contribution is -2.03. The number of hydrogen-bond acceptors (Lipinski definition) is 7. The predicted octanol–water partition coefficient (Wildman–Crippen LogP) is 3.96. The van der Waals surface area contributed by atoms with Crippen LogP contribution in [-0.2, 0) is 12.8 Å². The maximum atomic E-state index is 4.62. The topological polar surface area (TPSA) is 85.8 Å². The molecule has 0 aliphatic carbocycles. The molecule has 4 aromatic heterocycles. The normalized spacial score (nSPS) is 11.1. The van der Waals surface area contributed by atoms with Crippen molar-refractivity contribution in [3.05, 3.63) is 79.0 Å². The Hall–Kier alpha value is -3.72. The summed E-state index contributed by atoms with van der Waals surface area (Å²) >= 11 is 1.74. The molecule has 0 aliphatic rings. The van der Waals surface area contributed by atoms with E-state index < -0.39 is 0 Å². The van der Waals surface area contributed by atoms with Gasteiger partial charge in [0.25, 0.3) is 0 Å². The highest BCUT2D eigenvalue weighted by Gasteiger charge is 2.10. The van der Waals surface area contributed by atoms with E-state index in [0.29, 0.717) is 5.95 Å². The van der Waals surface area contributed by atoms with Crippen molar-refractivity contribution in [1.29, 1.82) is 0 Å². The molecule has 0 saturated heterocycles. The zero-order valence-corrected chi connectivity index (χ0v) is 17.0. The molecule has 0 bridgehead atoms.